The van der Waals surface area contributed by atoms with E-state index in [1.807, 2.05) is 35.1 Å². The Kier molecular flexibility index (Phi) is 7.04. The third-order valence-corrected chi connectivity index (χ3v) is 8.99. The first-order valence-corrected chi connectivity index (χ1v) is 16.9. The minimum Gasteiger partial charge on any atom is -0.398 e. The van der Waals surface area contributed by atoms with E-state index in [1.54, 1.807) is 0 Å². The number of rotatable bonds is 7. The van der Waals surface area contributed by atoms with E-state index in [4.69, 9.17) is 15.2 Å². The first-order valence-electron chi connectivity index (χ1n) is 12.4. The number of benzene rings is 2. The van der Waals surface area contributed by atoms with Gasteiger partial charge >= 0.3 is 0 Å². The number of nitrogens with zero attached hydrogens (tertiary/aromatic N) is 4. The summed E-state index contributed by atoms with van der Waals surface area (Å²) in [5, 5.41) is 6.00. The lowest BCUT2D eigenvalue weighted by Gasteiger charge is -2.23. The van der Waals surface area contributed by atoms with Gasteiger partial charge in [0.05, 0.1) is 28.3 Å². The Morgan fingerprint density at radius 2 is 2.08 bits per heavy atom. The van der Waals surface area contributed by atoms with Crippen molar-refractivity contribution in [1.82, 2.24) is 19.3 Å². The average molecular weight is 571 g/mol. The van der Waals surface area contributed by atoms with Crippen LogP contribution in [0.1, 0.15) is 25.5 Å². The first kappa shape index (κ1) is 25.1. The fourth-order valence-electron chi connectivity index (χ4n) is 4.63. The van der Waals surface area contributed by atoms with Gasteiger partial charge in [-0.25, -0.2) is 9.67 Å². The Hall–Kier alpha value is -2.53. The molecule has 0 radical (unpaired) electrons. The van der Waals surface area contributed by atoms with E-state index < -0.39 is 8.07 Å². The van der Waals surface area contributed by atoms with Crippen molar-refractivity contribution in [3.63, 3.8) is 0 Å². The number of fused-ring (bicyclic) bond motifs is 2. The quantitative estimate of drug-likeness (QED) is 0.172. The topological polar surface area (TPSA) is 97.2 Å². The van der Waals surface area contributed by atoms with Crippen LogP contribution in [-0.4, -0.2) is 40.6 Å². The van der Waals surface area contributed by atoms with Gasteiger partial charge in [0.25, 0.3) is 5.56 Å². The third-order valence-electron chi connectivity index (χ3n) is 6.68. The summed E-state index contributed by atoms with van der Waals surface area (Å²) in [6.07, 6.45) is 6.46. The average Bonchev–Trinajstić information content (AvgIpc) is 3.29. The molecule has 2 aromatic heterocycles. The summed E-state index contributed by atoms with van der Waals surface area (Å²) in [4.78, 5) is 18.0. The van der Waals surface area contributed by atoms with Gasteiger partial charge in [-0.1, -0.05) is 31.8 Å². The number of ether oxygens (including phenoxy) is 2. The maximum Gasteiger partial charge on any atom is 0.265 e. The lowest BCUT2D eigenvalue weighted by molar-refractivity contribution is -0.0366. The number of anilines is 1. The van der Waals surface area contributed by atoms with Crippen molar-refractivity contribution >= 4 is 51.5 Å². The minimum absolute atomic E-state index is 0.0652. The van der Waals surface area contributed by atoms with Crippen LogP contribution in [0.15, 0.2) is 46.1 Å². The summed E-state index contributed by atoms with van der Waals surface area (Å²) in [7, 11) is -1.22. The van der Waals surface area contributed by atoms with Crippen LogP contribution in [0.25, 0.3) is 32.9 Å². The second kappa shape index (κ2) is 10.1. The fraction of sp³-hybridized carbons (Fsp3) is 0.423. The van der Waals surface area contributed by atoms with E-state index in [0.29, 0.717) is 27.7 Å². The fourth-order valence-corrected chi connectivity index (χ4v) is 5.91. The highest BCUT2D eigenvalue weighted by atomic mass is 79.9. The predicted molar refractivity (Wildman–Crippen MR) is 150 cm³/mol. The monoisotopic (exact) mass is 569 g/mol. The molecule has 1 saturated heterocycles. The van der Waals surface area contributed by atoms with E-state index in [2.05, 4.69) is 45.7 Å². The maximum atomic E-state index is 13.5. The Labute approximate surface area is 219 Å². The molecule has 1 fully saturated rings. The van der Waals surface area contributed by atoms with E-state index in [1.165, 1.54) is 10.9 Å². The van der Waals surface area contributed by atoms with Gasteiger partial charge in [0.2, 0.25) is 0 Å². The molecule has 0 aliphatic carbocycles. The van der Waals surface area contributed by atoms with Gasteiger partial charge in [0.1, 0.15) is 13.1 Å². The number of hydrogen-bond donors (Lipinski definition) is 1. The van der Waals surface area contributed by atoms with Crippen molar-refractivity contribution < 1.29 is 9.47 Å². The number of halogens is 1. The van der Waals surface area contributed by atoms with E-state index in [-0.39, 0.29) is 18.5 Å². The van der Waals surface area contributed by atoms with E-state index in [0.717, 1.165) is 53.9 Å². The molecular weight excluding hydrogens is 538 g/mol. The molecule has 8 nitrogen and oxygen atoms in total. The van der Waals surface area contributed by atoms with Gasteiger partial charge in [-0.15, -0.1) is 0 Å². The lowest BCUT2D eigenvalue weighted by atomic mass is 9.98. The summed E-state index contributed by atoms with van der Waals surface area (Å²) >= 11 is 3.62. The summed E-state index contributed by atoms with van der Waals surface area (Å²) < 4.78 is 15.9. The standard InChI is InChI=1S/C26H32BrN5O3Si/c1-36(2,3)12-11-34-16-31-15-29-25-20(27)13-18(24(28)23(25)26(31)33)17-7-6-8-21-19(17)14-30-32(21)22-9-4-5-10-35-22/h6-8,13-15,22H,4-5,9-12,16,28H2,1-3H3. The number of nitrogens with two attached hydrogens (primary N) is 1. The molecule has 5 rings (SSSR count). The van der Waals surface area contributed by atoms with Crippen LogP contribution < -0.4 is 11.3 Å². The number of hydrogen-bond acceptors (Lipinski definition) is 6. The molecule has 10 heteroatoms. The zero-order valence-electron chi connectivity index (χ0n) is 21.0. The molecule has 2 N–H and O–H groups in total. The summed E-state index contributed by atoms with van der Waals surface area (Å²) in [6.45, 7) is 8.41. The van der Waals surface area contributed by atoms with Crippen molar-refractivity contribution in [3.05, 3.63) is 51.6 Å². The van der Waals surface area contributed by atoms with Crippen molar-refractivity contribution in [2.24, 2.45) is 0 Å². The van der Waals surface area contributed by atoms with Gasteiger partial charge in [-0.3, -0.25) is 9.36 Å². The van der Waals surface area contributed by atoms with E-state index >= 15 is 0 Å². The van der Waals surface area contributed by atoms with Crippen molar-refractivity contribution in [2.45, 2.75) is 57.9 Å². The van der Waals surface area contributed by atoms with Gasteiger partial charge in [0, 0.05) is 36.7 Å². The zero-order chi connectivity index (χ0) is 25.4. The predicted octanol–water partition coefficient (Wildman–Crippen LogP) is 5.77. The molecule has 1 aliphatic rings. The first-order chi connectivity index (χ1) is 17.2. The van der Waals surface area contributed by atoms with Crippen molar-refractivity contribution in [2.75, 3.05) is 18.9 Å². The Bertz CT molecular complexity index is 1470. The molecule has 0 amide bonds. The largest absolute Gasteiger partial charge is 0.398 e. The van der Waals surface area contributed by atoms with Crippen LogP contribution in [0.4, 0.5) is 5.69 Å². The zero-order valence-corrected chi connectivity index (χ0v) is 23.5. The maximum absolute atomic E-state index is 13.5. The second-order valence-corrected chi connectivity index (χ2v) is 17.0. The number of aromatic nitrogens is 4. The summed E-state index contributed by atoms with van der Waals surface area (Å²) in [5.41, 5.74) is 10.1. The van der Waals surface area contributed by atoms with Gasteiger partial charge < -0.3 is 15.2 Å². The molecule has 190 valence electrons. The highest BCUT2D eigenvalue weighted by Crippen LogP contribution is 2.39. The summed E-state index contributed by atoms with van der Waals surface area (Å²) in [5.74, 6) is 0. The van der Waals surface area contributed by atoms with Crippen LogP contribution >= 0.6 is 15.9 Å². The molecule has 1 atom stereocenters. The number of nitrogen functional groups attached to an aromatic ring is 1. The van der Waals surface area contributed by atoms with Crippen LogP contribution in [-0.2, 0) is 16.2 Å². The van der Waals surface area contributed by atoms with Gasteiger partial charge in [-0.05, 0) is 58.9 Å². The molecule has 1 unspecified atom stereocenters. The highest BCUT2D eigenvalue weighted by Gasteiger charge is 2.22. The lowest BCUT2D eigenvalue weighted by Crippen LogP contribution is -2.25. The Morgan fingerprint density at radius 3 is 2.83 bits per heavy atom. The molecule has 4 aromatic rings. The molecule has 0 saturated carbocycles. The SMILES string of the molecule is C[Si](C)(C)CCOCn1cnc2c(Br)cc(-c3cccc4c3cnn4C3CCCCO3)c(N)c2c1=O. The van der Waals surface area contributed by atoms with Crippen LogP contribution in [0.3, 0.4) is 0 Å². The molecule has 3 heterocycles. The highest BCUT2D eigenvalue weighted by molar-refractivity contribution is 9.10. The van der Waals surface area contributed by atoms with Gasteiger partial charge in [0.15, 0.2) is 6.23 Å². The molecule has 2 aromatic carbocycles. The Morgan fingerprint density at radius 1 is 1.25 bits per heavy atom. The van der Waals surface area contributed by atoms with Crippen LogP contribution in [0, 0.1) is 0 Å². The minimum atomic E-state index is -1.22. The summed E-state index contributed by atoms with van der Waals surface area (Å²) in [6, 6.07) is 9.01. The molecule has 0 spiro atoms. The molecular formula is C26H32BrN5O3Si. The van der Waals surface area contributed by atoms with Crippen molar-refractivity contribution in [1.29, 1.82) is 0 Å². The normalized spacial score (nSPS) is 16.7. The smallest absolute Gasteiger partial charge is 0.265 e. The van der Waals surface area contributed by atoms with Crippen LogP contribution in [0.5, 0.6) is 0 Å². The van der Waals surface area contributed by atoms with Crippen LogP contribution in [0.2, 0.25) is 25.7 Å². The second-order valence-electron chi connectivity index (χ2n) is 10.6. The molecule has 0 bridgehead atoms. The van der Waals surface area contributed by atoms with Crippen molar-refractivity contribution in [3.8, 4) is 11.1 Å². The van der Waals surface area contributed by atoms with Gasteiger partial charge in [-0.2, -0.15) is 5.10 Å². The van der Waals surface area contributed by atoms with E-state index in [9.17, 15) is 4.79 Å². The Balaban J connectivity index is 1.55. The third kappa shape index (κ3) is 4.87. The molecule has 1 aliphatic heterocycles. The molecule has 36 heavy (non-hydrogen) atoms.